The molecule has 1 heterocycles. The molecule has 0 spiro atoms. The van der Waals surface area contributed by atoms with E-state index in [1.807, 2.05) is 26.2 Å². The topological polar surface area (TPSA) is 24.9 Å². The summed E-state index contributed by atoms with van der Waals surface area (Å²) >= 11 is 1.66. The molecule has 0 saturated heterocycles. The number of rotatable bonds is 3. The zero-order valence-corrected chi connectivity index (χ0v) is 9.03. The summed E-state index contributed by atoms with van der Waals surface area (Å²) in [6.45, 7) is 6.70. The van der Waals surface area contributed by atoms with Crippen LogP contribution in [0.1, 0.15) is 24.5 Å². The monoisotopic (exact) mass is 194 g/mol. The van der Waals surface area contributed by atoms with E-state index in [2.05, 4.69) is 16.2 Å². The van der Waals surface area contributed by atoms with Crippen molar-refractivity contribution in [3.05, 3.63) is 16.1 Å². The highest BCUT2D eigenvalue weighted by molar-refractivity contribution is 7.09. The van der Waals surface area contributed by atoms with E-state index in [-0.39, 0.29) is 5.54 Å². The standard InChI is InChI=1S/C10H14N2S/c1-5-10(3,4)11-6-9-12-8(2)7-13-9/h1,7,11H,6H2,2-4H3. The van der Waals surface area contributed by atoms with Crippen molar-refractivity contribution >= 4 is 11.3 Å². The third kappa shape index (κ3) is 3.17. The van der Waals surface area contributed by atoms with Gasteiger partial charge in [0.05, 0.1) is 5.54 Å². The molecular weight excluding hydrogens is 180 g/mol. The fraction of sp³-hybridized carbons (Fsp3) is 0.500. The van der Waals surface area contributed by atoms with E-state index in [1.54, 1.807) is 11.3 Å². The molecule has 13 heavy (non-hydrogen) atoms. The number of terminal acetylenes is 1. The Balaban J connectivity index is 2.49. The molecule has 70 valence electrons. The first-order valence-corrected chi connectivity index (χ1v) is 5.05. The summed E-state index contributed by atoms with van der Waals surface area (Å²) in [6.07, 6.45) is 5.35. The van der Waals surface area contributed by atoms with Gasteiger partial charge < -0.3 is 0 Å². The number of hydrogen-bond donors (Lipinski definition) is 1. The summed E-state index contributed by atoms with van der Waals surface area (Å²) in [4.78, 5) is 4.34. The lowest BCUT2D eigenvalue weighted by Crippen LogP contribution is -2.36. The third-order valence-corrected chi connectivity index (χ3v) is 2.68. The molecule has 0 saturated carbocycles. The molecular formula is C10H14N2S. The fourth-order valence-corrected chi connectivity index (χ4v) is 1.54. The number of aromatic nitrogens is 1. The SMILES string of the molecule is C#CC(C)(C)NCc1nc(C)cs1. The second kappa shape index (κ2) is 3.91. The van der Waals surface area contributed by atoms with Gasteiger partial charge in [-0.1, -0.05) is 5.92 Å². The van der Waals surface area contributed by atoms with Crippen molar-refractivity contribution in [1.29, 1.82) is 0 Å². The van der Waals surface area contributed by atoms with E-state index in [4.69, 9.17) is 6.42 Å². The smallest absolute Gasteiger partial charge is 0.107 e. The highest BCUT2D eigenvalue weighted by Gasteiger charge is 2.12. The summed E-state index contributed by atoms with van der Waals surface area (Å²) in [5, 5.41) is 6.38. The molecule has 0 aliphatic rings. The molecule has 0 atom stereocenters. The van der Waals surface area contributed by atoms with Crippen LogP contribution in [-0.4, -0.2) is 10.5 Å². The molecule has 0 aliphatic heterocycles. The average Bonchev–Trinajstić information content (AvgIpc) is 2.48. The summed E-state index contributed by atoms with van der Waals surface area (Å²) in [7, 11) is 0. The Labute approximate surface area is 83.4 Å². The van der Waals surface area contributed by atoms with Crippen molar-refractivity contribution < 1.29 is 0 Å². The lowest BCUT2D eigenvalue weighted by Gasteiger charge is -2.18. The van der Waals surface area contributed by atoms with Crippen LogP contribution in [-0.2, 0) is 6.54 Å². The Kier molecular flexibility index (Phi) is 3.07. The highest BCUT2D eigenvalue weighted by atomic mass is 32.1. The minimum absolute atomic E-state index is 0.250. The summed E-state index contributed by atoms with van der Waals surface area (Å²) in [6, 6.07) is 0. The summed E-state index contributed by atoms with van der Waals surface area (Å²) in [5.74, 6) is 2.68. The first kappa shape index (κ1) is 10.2. The predicted octanol–water partition coefficient (Wildman–Crippen LogP) is 1.95. The molecule has 0 aromatic carbocycles. The third-order valence-electron chi connectivity index (χ3n) is 1.71. The minimum Gasteiger partial charge on any atom is -0.295 e. The normalized spacial score (nSPS) is 11.2. The molecule has 0 radical (unpaired) electrons. The Morgan fingerprint density at radius 1 is 1.69 bits per heavy atom. The van der Waals surface area contributed by atoms with Crippen LogP contribution in [0.2, 0.25) is 0 Å². The Morgan fingerprint density at radius 3 is 2.85 bits per heavy atom. The van der Waals surface area contributed by atoms with Crippen LogP contribution >= 0.6 is 11.3 Å². The number of hydrogen-bond acceptors (Lipinski definition) is 3. The van der Waals surface area contributed by atoms with Gasteiger partial charge in [0, 0.05) is 17.6 Å². The van der Waals surface area contributed by atoms with Gasteiger partial charge in [-0.25, -0.2) is 4.98 Å². The van der Waals surface area contributed by atoms with Gasteiger partial charge >= 0.3 is 0 Å². The predicted molar refractivity (Wildman–Crippen MR) is 56.6 cm³/mol. The van der Waals surface area contributed by atoms with Gasteiger partial charge in [-0.3, -0.25) is 5.32 Å². The Morgan fingerprint density at radius 2 is 2.38 bits per heavy atom. The lowest BCUT2D eigenvalue weighted by molar-refractivity contribution is 0.490. The molecule has 0 unspecified atom stereocenters. The van der Waals surface area contributed by atoms with Crippen LogP contribution < -0.4 is 5.32 Å². The highest BCUT2D eigenvalue weighted by Crippen LogP contribution is 2.09. The van der Waals surface area contributed by atoms with Crippen LogP contribution in [0.25, 0.3) is 0 Å². The maximum atomic E-state index is 5.35. The van der Waals surface area contributed by atoms with Crippen LogP contribution in [0.4, 0.5) is 0 Å². The maximum absolute atomic E-state index is 5.35. The quantitative estimate of drug-likeness (QED) is 0.744. The molecule has 1 N–H and O–H groups in total. The zero-order valence-electron chi connectivity index (χ0n) is 8.22. The fourth-order valence-electron chi connectivity index (χ4n) is 0.832. The number of nitrogens with one attached hydrogen (secondary N) is 1. The van der Waals surface area contributed by atoms with Gasteiger partial charge in [-0.15, -0.1) is 17.8 Å². The second-order valence-corrected chi connectivity index (χ2v) is 4.45. The van der Waals surface area contributed by atoms with Gasteiger partial charge in [0.2, 0.25) is 0 Å². The van der Waals surface area contributed by atoms with Gasteiger partial charge in [-0.2, -0.15) is 0 Å². The number of nitrogens with zero attached hydrogens (tertiary/aromatic N) is 1. The van der Waals surface area contributed by atoms with Crippen molar-refractivity contribution in [1.82, 2.24) is 10.3 Å². The lowest BCUT2D eigenvalue weighted by atomic mass is 10.1. The molecule has 0 fully saturated rings. The molecule has 3 heteroatoms. The van der Waals surface area contributed by atoms with E-state index in [0.717, 1.165) is 17.2 Å². The first-order valence-electron chi connectivity index (χ1n) is 4.17. The van der Waals surface area contributed by atoms with Gasteiger partial charge in [0.25, 0.3) is 0 Å². The van der Waals surface area contributed by atoms with E-state index >= 15 is 0 Å². The van der Waals surface area contributed by atoms with E-state index in [9.17, 15) is 0 Å². The molecule has 1 aromatic heterocycles. The zero-order chi connectivity index (χ0) is 9.90. The van der Waals surface area contributed by atoms with Crippen molar-refractivity contribution in [2.24, 2.45) is 0 Å². The van der Waals surface area contributed by atoms with Gasteiger partial charge in [0.15, 0.2) is 0 Å². The summed E-state index contributed by atoms with van der Waals surface area (Å²) < 4.78 is 0. The molecule has 0 aliphatic carbocycles. The van der Waals surface area contributed by atoms with Gasteiger partial charge in [0.1, 0.15) is 5.01 Å². The average molecular weight is 194 g/mol. The van der Waals surface area contributed by atoms with Crippen LogP contribution in [0.5, 0.6) is 0 Å². The van der Waals surface area contributed by atoms with Crippen LogP contribution in [0, 0.1) is 19.3 Å². The van der Waals surface area contributed by atoms with Crippen molar-refractivity contribution in [2.75, 3.05) is 0 Å². The Hall–Kier alpha value is -0.850. The van der Waals surface area contributed by atoms with E-state index in [1.165, 1.54) is 0 Å². The number of thiazole rings is 1. The molecule has 0 amide bonds. The molecule has 0 bridgehead atoms. The van der Waals surface area contributed by atoms with E-state index in [0.29, 0.717) is 0 Å². The number of aryl methyl sites for hydroxylation is 1. The molecule has 1 aromatic rings. The molecule has 1 rings (SSSR count). The van der Waals surface area contributed by atoms with Crippen molar-refractivity contribution in [3.63, 3.8) is 0 Å². The second-order valence-electron chi connectivity index (χ2n) is 3.51. The first-order chi connectivity index (χ1) is 6.03. The van der Waals surface area contributed by atoms with Crippen molar-refractivity contribution in [3.8, 4) is 12.3 Å². The minimum atomic E-state index is -0.250. The maximum Gasteiger partial charge on any atom is 0.107 e. The van der Waals surface area contributed by atoms with Gasteiger partial charge in [-0.05, 0) is 20.8 Å². The van der Waals surface area contributed by atoms with Crippen LogP contribution in [0.15, 0.2) is 5.38 Å². The Bertz CT molecular complexity index is 320. The van der Waals surface area contributed by atoms with Crippen LogP contribution in [0.3, 0.4) is 0 Å². The largest absolute Gasteiger partial charge is 0.295 e. The molecule has 2 nitrogen and oxygen atoms in total. The summed E-state index contributed by atoms with van der Waals surface area (Å²) in [5.41, 5.74) is 0.819. The van der Waals surface area contributed by atoms with E-state index < -0.39 is 0 Å². The van der Waals surface area contributed by atoms with Crippen molar-refractivity contribution in [2.45, 2.75) is 32.9 Å².